The van der Waals surface area contributed by atoms with Crippen LogP contribution < -0.4 is 24.4 Å². The number of ether oxygens (including phenoxy) is 3. The lowest BCUT2D eigenvalue weighted by Gasteiger charge is -2.24. The predicted octanol–water partition coefficient (Wildman–Crippen LogP) is 5.88. The summed E-state index contributed by atoms with van der Waals surface area (Å²) in [5, 5.41) is 22.8. The molecule has 0 aliphatic carbocycles. The van der Waals surface area contributed by atoms with Crippen LogP contribution in [0.25, 0.3) is 6.08 Å². The van der Waals surface area contributed by atoms with Gasteiger partial charge in [-0.15, -0.1) is 0 Å². The fourth-order valence-electron chi connectivity index (χ4n) is 5.00. The van der Waals surface area contributed by atoms with Gasteiger partial charge in [0.25, 0.3) is 11.2 Å². The van der Waals surface area contributed by atoms with Gasteiger partial charge in [0.15, 0.2) is 16.3 Å². The Morgan fingerprint density at radius 2 is 1.74 bits per heavy atom. The predicted molar refractivity (Wildman–Crippen MR) is 177 cm³/mol. The van der Waals surface area contributed by atoms with E-state index >= 15 is 0 Å². The largest absolute Gasteiger partial charge is 0.490 e. The maximum Gasteiger partial charge on any atom is 0.338 e. The van der Waals surface area contributed by atoms with E-state index in [9.17, 15) is 29.8 Å². The molecule has 0 unspecified atom stereocenters. The van der Waals surface area contributed by atoms with Crippen LogP contribution in [0.4, 0.5) is 11.4 Å². The summed E-state index contributed by atoms with van der Waals surface area (Å²) in [5.41, 5.74) is 1.57. The number of carbonyl (C=O) groups excluding carboxylic acids is 1. The average Bonchev–Trinajstić information content (AvgIpc) is 3.32. The normalized spacial score (nSPS) is 14.3. The molecule has 1 aliphatic heterocycles. The molecule has 1 aliphatic rings. The highest BCUT2D eigenvalue weighted by atomic mass is 79.9. The Balaban J connectivity index is 1.62. The van der Waals surface area contributed by atoms with Gasteiger partial charge in [-0.25, -0.2) is 9.79 Å². The van der Waals surface area contributed by atoms with Gasteiger partial charge in [0.05, 0.1) is 55.4 Å². The van der Waals surface area contributed by atoms with Crippen molar-refractivity contribution in [1.29, 1.82) is 0 Å². The fourth-order valence-corrected chi connectivity index (χ4v) is 6.59. The molecule has 2 heterocycles. The van der Waals surface area contributed by atoms with E-state index in [2.05, 4.69) is 20.9 Å². The number of nitro benzene ring substituents is 2. The molecule has 0 radical (unpaired) electrons. The molecule has 1 atom stereocenters. The first-order valence-corrected chi connectivity index (χ1v) is 15.9. The summed E-state index contributed by atoms with van der Waals surface area (Å²) in [6, 6.07) is 13.1. The standard InChI is InChI=1S/C32H27BrN4O9S/c1-5-44-25-14-19(13-22(33)29(25)46-24-12-11-21(36(40)41)16-23(24)37(42)43)15-26-30(38)35-28(20-9-7-17(3)8-10-20)27(31(39)45-6-2)18(4)34-32(35)47-26/h7-16,28H,5-6H2,1-4H3/b26-15-/t28-/m1/s1. The lowest BCUT2D eigenvalue weighted by molar-refractivity contribution is -0.394. The smallest absolute Gasteiger partial charge is 0.338 e. The molecule has 3 aromatic carbocycles. The number of allylic oxidation sites excluding steroid dienone is 1. The van der Waals surface area contributed by atoms with Gasteiger partial charge in [0.1, 0.15) is 0 Å². The Bertz CT molecular complexity index is 2140. The number of non-ortho nitro benzene ring substituents is 1. The number of aryl methyl sites for hydroxylation is 1. The highest BCUT2D eigenvalue weighted by Gasteiger charge is 2.33. The lowest BCUT2D eigenvalue weighted by atomic mass is 9.95. The minimum Gasteiger partial charge on any atom is -0.490 e. The number of benzene rings is 3. The Morgan fingerprint density at radius 3 is 2.38 bits per heavy atom. The van der Waals surface area contributed by atoms with Gasteiger partial charge < -0.3 is 14.2 Å². The quantitative estimate of drug-likeness (QED) is 0.110. The van der Waals surface area contributed by atoms with Crippen molar-refractivity contribution in [2.45, 2.75) is 33.7 Å². The van der Waals surface area contributed by atoms with E-state index in [1.54, 1.807) is 39.0 Å². The van der Waals surface area contributed by atoms with Crippen LogP contribution in [0.5, 0.6) is 17.2 Å². The summed E-state index contributed by atoms with van der Waals surface area (Å²) in [4.78, 5) is 53.5. The van der Waals surface area contributed by atoms with Gasteiger partial charge in [-0.05, 0) is 79.0 Å². The summed E-state index contributed by atoms with van der Waals surface area (Å²) >= 11 is 4.60. The number of hydrogen-bond donors (Lipinski definition) is 0. The van der Waals surface area contributed by atoms with E-state index in [-0.39, 0.29) is 41.6 Å². The van der Waals surface area contributed by atoms with Gasteiger partial charge >= 0.3 is 11.7 Å². The molecule has 5 rings (SSSR count). The van der Waals surface area contributed by atoms with E-state index in [4.69, 9.17) is 14.2 Å². The van der Waals surface area contributed by atoms with Crippen LogP contribution in [0.2, 0.25) is 0 Å². The summed E-state index contributed by atoms with van der Waals surface area (Å²) in [5.74, 6) is -0.488. The summed E-state index contributed by atoms with van der Waals surface area (Å²) < 4.78 is 19.2. The minimum absolute atomic E-state index is 0.0940. The summed E-state index contributed by atoms with van der Waals surface area (Å²) in [6.45, 7) is 7.48. The SMILES string of the molecule is CCOC(=O)C1=C(C)N=c2s/c(=C\c3cc(Br)c(Oc4ccc([N+](=O)[O-])cc4[N+](=O)[O-])c(OCC)c3)c(=O)n2[C@@H]1c1ccc(C)cc1. The Kier molecular flexibility index (Phi) is 9.67. The zero-order chi connectivity index (χ0) is 34.0. The number of halogens is 1. The van der Waals surface area contributed by atoms with Crippen molar-refractivity contribution in [2.24, 2.45) is 4.99 Å². The number of hydrogen-bond acceptors (Lipinski definition) is 11. The van der Waals surface area contributed by atoms with Crippen LogP contribution in [0.1, 0.15) is 43.5 Å². The number of fused-ring (bicyclic) bond motifs is 1. The van der Waals surface area contributed by atoms with E-state index in [0.717, 1.165) is 40.7 Å². The molecule has 0 amide bonds. The third-order valence-corrected chi connectivity index (χ3v) is 8.67. The van der Waals surface area contributed by atoms with Crippen LogP contribution >= 0.6 is 27.3 Å². The Morgan fingerprint density at radius 1 is 1.02 bits per heavy atom. The summed E-state index contributed by atoms with van der Waals surface area (Å²) in [6.07, 6.45) is 1.64. The number of aromatic nitrogens is 1. The molecule has 0 N–H and O–H groups in total. The average molecular weight is 724 g/mol. The number of rotatable bonds is 10. The van der Waals surface area contributed by atoms with Crippen LogP contribution in [-0.2, 0) is 9.53 Å². The molecular formula is C32H27BrN4O9S. The van der Waals surface area contributed by atoms with Crippen LogP contribution in [0.15, 0.2) is 80.1 Å². The molecule has 13 nitrogen and oxygen atoms in total. The first kappa shape index (κ1) is 33.2. The van der Waals surface area contributed by atoms with Gasteiger partial charge in [-0.2, -0.15) is 0 Å². The first-order valence-electron chi connectivity index (χ1n) is 14.3. The fraction of sp³-hybridized carbons (Fsp3) is 0.219. The van der Waals surface area contributed by atoms with Crippen molar-refractivity contribution in [1.82, 2.24) is 4.57 Å². The van der Waals surface area contributed by atoms with E-state index in [0.29, 0.717) is 25.1 Å². The molecule has 47 heavy (non-hydrogen) atoms. The van der Waals surface area contributed by atoms with Crippen molar-refractivity contribution in [2.75, 3.05) is 13.2 Å². The molecule has 1 aromatic heterocycles. The number of nitro groups is 2. The molecule has 242 valence electrons. The molecular weight excluding hydrogens is 696 g/mol. The third-order valence-electron chi connectivity index (χ3n) is 7.10. The maximum atomic E-state index is 14.0. The van der Waals surface area contributed by atoms with Crippen molar-refractivity contribution in [3.05, 3.63) is 127 Å². The zero-order valence-corrected chi connectivity index (χ0v) is 27.9. The Labute approximate surface area is 279 Å². The van der Waals surface area contributed by atoms with Gasteiger partial charge in [0.2, 0.25) is 5.75 Å². The van der Waals surface area contributed by atoms with Crippen molar-refractivity contribution >= 4 is 50.7 Å². The molecule has 4 aromatic rings. The second kappa shape index (κ2) is 13.7. The van der Waals surface area contributed by atoms with Crippen molar-refractivity contribution in [3.8, 4) is 17.2 Å². The number of nitrogens with zero attached hydrogens (tertiary/aromatic N) is 4. The van der Waals surface area contributed by atoms with E-state index < -0.39 is 33.2 Å². The molecule has 15 heteroatoms. The molecule has 0 bridgehead atoms. The lowest BCUT2D eigenvalue weighted by Crippen LogP contribution is -2.39. The topological polar surface area (TPSA) is 165 Å². The Hall–Kier alpha value is -5.15. The van der Waals surface area contributed by atoms with E-state index in [1.807, 2.05) is 31.2 Å². The zero-order valence-electron chi connectivity index (χ0n) is 25.5. The van der Waals surface area contributed by atoms with Crippen LogP contribution in [0, 0.1) is 27.2 Å². The molecule has 0 saturated heterocycles. The van der Waals surface area contributed by atoms with Gasteiger partial charge in [-0.3, -0.25) is 29.6 Å². The first-order chi connectivity index (χ1) is 22.4. The van der Waals surface area contributed by atoms with Gasteiger partial charge in [-0.1, -0.05) is 41.2 Å². The second-order valence-corrected chi connectivity index (χ2v) is 12.1. The number of esters is 1. The van der Waals surface area contributed by atoms with Crippen molar-refractivity contribution < 1.29 is 28.9 Å². The molecule has 0 fully saturated rings. The molecule has 0 spiro atoms. The highest BCUT2D eigenvalue weighted by Crippen LogP contribution is 2.43. The number of carbonyl (C=O) groups is 1. The van der Waals surface area contributed by atoms with E-state index in [1.165, 1.54) is 4.57 Å². The third kappa shape index (κ3) is 6.71. The minimum atomic E-state index is -0.774. The molecule has 0 saturated carbocycles. The van der Waals surface area contributed by atoms with Crippen molar-refractivity contribution in [3.63, 3.8) is 0 Å². The van der Waals surface area contributed by atoms with Gasteiger partial charge in [0, 0.05) is 6.07 Å². The van der Waals surface area contributed by atoms with Crippen LogP contribution in [-0.4, -0.2) is 33.6 Å². The maximum absolute atomic E-state index is 14.0. The summed E-state index contributed by atoms with van der Waals surface area (Å²) in [7, 11) is 0. The monoisotopic (exact) mass is 722 g/mol. The highest BCUT2D eigenvalue weighted by molar-refractivity contribution is 9.10. The van der Waals surface area contributed by atoms with Crippen LogP contribution in [0.3, 0.4) is 0 Å². The second-order valence-electron chi connectivity index (χ2n) is 10.2. The number of thiazole rings is 1.